The van der Waals surface area contributed by atoms with Crippen LogP contribution in [-0.2, 0) is 4.74 Å². The van der Waals surface area contributed by atoms with E-state index >= 15 is 0 Å². The lowest BCUT2D eigenvalue weighted by atomic mass is 9.58. The van der Waals surface area contributed by atoms with E-state index in [9.17, 15) is 0 Å². The van der Waals surface area contributed by atoms with Gasteiger partial charge in [-0.05, 0) is 25.5 Å². The van der Waals surface area contributed by atoms with E-state index in [1.54, 1.807) is 0 Å². The fraction of sp³-hybridized carbons (Fsp3) is 1.00. The lowest BCUT2D eigenvalue weighted by Gasteiger charge is -2.55. The smallest absolute Gasteiger partial charge is 0.0657 e. The van der Waals surface area contributed by atoms with Crippen LogP contribution in [0.4, 0.5) is 0 Å². The van der Waals surface area contributed by atoms with E-state index in [4.69, 9.17) is 4.74 Å². The van der Waals surface area contributed by atoms with Gasteiger partial charge >= 0.3 is 0 Å². The number of hydrogen-bond donors (Lipinski definition) is 1. The largest absolute Gasteiger partial charge is 0.381 e. The Bertz CT molecular complexity index is 182. The van der Waals surface area contributed by atoms with Crippen molar-refractivity contribution in [3.05, 3.63) is 0 Å². The number of rotatable bonds is 7. The van der Waals surface area contributed by atoms with E-state index < -0.39 is 0 Å². The third kappa shape index (κ3) is 2.51. The van der Waals surface area contributed by atoms with Crippen molar-refractivity contribution in [2.75, 3.05) is 25.7 Å². The quantitative estimate of drug-likeness (QED) is 0.680. The minimum absolute atomic E-state index is 0.396. The Hall–Kier alpha value is 0.270. The molecule has 1 rings (SSSR count). The molecule has 0 aliphatic heterocycles. The van der Waals surface area contributed by atoms with E-state index in [-0.39, 0.29) is 0 Å². The standard InChI is InChI=1S/C12H25NOS/c1-5-12(6-2)10(9-11(12)14-3)13-7-8-15-4/h10-11,13H,5-9H2,1-4H3. The maximum atomic E-state index is 5.58. The molecule has 2 nitrogen and oxygen atoms in total. The predicted molar refractivity (Wildman–Crippen MR) is 68.6 cm³/mol. The van der Waals surface area contributed by atoms with Crippen LogP contribution in [0.25, 0.3) is 0 Å². The molecule has 1 N–H and O–H groups in total. The van der Waals surface area contributed by atoms with Crippen LogP contribution in [0.3, 0.4) is 0 Å². The average Bonchev–Trinajstić information content (AvgIpc) is 2.24. The van der Waals surface area contributed by atoms with E-state index in [1.807, 2.05) is 18.9 Å². The Morgan fingerprint density at radius 3 is 2.53 bits per heavy atom. The second kappa shape index (κ2) is 6.12. The van der Waals surface area contributed by atoms with Crippen LogP contribution in [0.2, 0.25) is 0 Å². The van der Waals surface area contributed by atoms with E-state index in [0.717, 1.165) is 6.54 Å². The first-order valence-corrected chi connectivity index (χ1v) is 7.39. The van der Waals surface area contributed by atoms with Gasteiger partial charge in [0.05, 0.1) is 6.10 Å². The molecular weight excluding hydrogens is 206 g/mol. The highest BCUT2D eigenvalue weighted by Gasteiger charge is 2.52. The van der Waals surface area contributed by atoms with Crippen molar-refractivity contribution < 1.29 is 4.74 Å². The number of ether oxygens (including phenoxy) is 1. The van der Waals surface area contributed by atoms with Crippen molar-refractivity contribution in [2.24, 2.45) is 5.41 Å². The zero-order chi connectivity index (χ0) is 11.3. The fourth-order valence-electron chi connectivity index (χ4n) is 2.90. The minimum atomic E-state index is 0.396. The summed E-state index contributed by atoms with van der Waals surface area (Å²) in [5, 5.41) is 3.68. The zero-order valence-electron chi connectivity index (χ0n) is 10.5. The molecule has 15 heavy (non-hydrogen) atoms. The highest BCUT2D eigenvalue weighted by Crippen LogP contribution is 2.48. The first kappa shape index (κ1) is 13.3. The molecule has 1 aliphatic rings. The molecule has 1 aliphatic carbocycles. The molecule has 0 radical (unpaired) electrons. The second-order valence-corrected chi connectivity index (χ2v) is 5.39. The van der Waals surface area contributed by atoms with Gasteiger partial charge in [0.1, 0.15) is 0 Å². The van der Waals surface area contributed by atoms with Crippen molar-refractivity contribution >= 4 is 11.8 Å². The molecule has 0 amide bonds. The van der Waals surface area contributed by atoms with Gasteiger partial charge in [-0.1, -0.05) is 13.8 Å². The first-order chi connectivity index (χ1) is 7.25. The molecule has 2 atom stereocenters. The van der Waals surface area contributed by atoms with Crippen LogP contribution < -0.4 is 5.32 Å². The molecule has 0 saturated heterocycles. The Balaban J connectivity index is 2.45. The summed E-state index contributed by atoms with van der Waals surface area (Å²) in [4.78, 5) is 0. The molecular formula is C12H25NOS. The summed E-state index contributed by atoms with van der Waals surface area (Å²) in [6, 6.07) is 0.671. The van der Waals surface area contributed by atoms with Crippen molar-refractivity contribution in [1.29, 1.82) is 0 Å². The third-order valence-corrected chi connectivity index (χ3v) is 4.70. The normalized spacial score (nSPS) is 28.8. The van der Waals surface area contributed by atoms with Crippen LogP contribution in [-0.4, -0.2) is 37.8 Å². The second-order valence-electron chi connectivity index (χ2n) is 4.40. The van der Waals surface area contributed by atoms with E-state index in [2.05, 4.69) is 25.4 Å². The van der Waals surface area contributed by atoms with Gasteiger partial charge in [-0.2, -0.15) is 11.8 Å². The lowest BCUT2D eigenvalue weighted by molar-refractivity contribution is -0.123. The van der Waals surface area contributed by atoms with Crippen LogP contribution >= 0.6 is 11.8 Å². The summed E-state index contributed by atoms with van der Waals surface area (Å²) >= 11 is 1.91. The van der Waals surface area contributed by atoms with Gasteiger partial charge in [-0.25, -0.2) is 0 Å². The molecule has 1 fully saturated rings. The number of methoxy groups -OCH3 is 1. The lowest BCUT2D eigenvalue weighted by Crippen LogP contribution is -2.63. The molecule has 3 heteroatoms. The Morgan fingerprint density at radius 2 is 2.07 bits per heavy atom. The first-order valence-electron chi connectivity index (χ1n) is 6.00. The molecule has 0 aromatic heterocycles. The minimum Gasteiger partial charge on any atom is -0.381 e. The van der Waals surface area contributed by atoms with Crippen LogP contribution in [0, 0.1) is 5.41 Å². The van der Waals surface area contributed by atoms with Gasteiger partial charge in [0.2, 0.25) is 0 Å². The van der Waals surface area contributed by atoms with Crippen molar-refractivity contribution in [2.45, 2.75) is 45.3 Å². The highest BCUT2D eigenvalue weighted by atomic mass is 32.2. The topological polar surface area (TPSA) is 21.3 Å². The maximum Gasteiger partial charge on any atom is 0.0657 e. The van der Waals surface area contributed by atoms with Gasteiger partial charge < -0.3 is 10.1 Å². The zero-order valence-corrected chi connectivity index (χ0v) is 11.3. The third-order valence-electron chi connectivity index (χ3n) is 4.08. The van der Waals surface area contributed by atoms with Crippen LogP contribution in [0.1, 0.15) is 33.1 Å². The molecule has 2 unspecified atom stereocenters. The molecule has 90 valence electrons. The summed E-state index contributed by atoms with van der Waals surface area (Å²) in [5.74, 6) is 1.21. The molecule has 1 saturated carbocycles. The number of nitrogens with one attached hydrogen (secondary N) is 1. The Kier molecular flexibility index (Phi) is 5.44. The summed E-state index contributed by atoms with van der Waals surface area (Å²) in [5.41, 5.74) is 0.396. The Morgan fingerprint density at radius 1 is 1.40 bits per heavy atom. The summed E-state index contributed by atoms with van der Waals surface area (Å²) in [6.07, 6.45) is 6.26. The molecule has 0 aromatic carbocycles. The summed E-state index contributed by atoms with van der Waals surface area (Å²) < 4.78 is 5.58. The summed E-state index contributed by atoms with van der Waals surface area (Å²) in [7, 11) is 1.85. The van der Waals surface area contributed by atoms with E-state index in [1.165, 1.54) is 25.0 Å². The van der Waals surface area contributed by atoms with Gasteiger partial charge in [0, 0.05) is 30.9 Å². The average molecular weight is 231 g/mol. The predicted octanol–water partition coefficient (Wildman–Crippen LogP) is 2.53. The monoisotopic (exact) mass is 231 g/mol. The van der Waals surface area contributed by atoms with Gasteiger partial charge in [-0.15, -0.1) is 0 Å². The van der Waals surface area contributed by atoms with Crippen molar-refractivity contribution in [1.82, 2.24) is 5.32 Å². The highest BCUT2D eigenvalue weighted by molar-refractivity contribution is 7.98. The summed E-state index contributed by atoms with van der Waals surface area (Å²) in [6.45, 7) is 5.71. The maximum absolute atomic E-state index is 5.58. The molecule has 0 aromatic rings. The van der Waals surface area contributed by atoms with Crippen molar-refractivity contribution in [3.63, 3.8) is 0 Å². The van der Waals surface area contributed by atoms with Crippen molar-refractivity contribution in [3.8, 4) is 0 Å². The number of hydrogen-bond acceptors (Lipinski definition) is 3. The number of thioether (sulfide) groups is 1. The van der Waals surface area contributed by atoms with Gasteiger partial charge in [-0.3, -0.25) is 0 Å². The van der Waals surface area contributed by atoms with Crippen LogP contribution in [0.15, 0.2) is 0 Å². The molecule has 0 bridgehead atoms. The Labute approximate surface area is 98.5 Å². The van der Waals surface area contributed by atoms with Crippen LogP contribution in [0.5, 0.6) is 0 Å². The van der Waals surface area contributed by atoms with Gasteiger partial charge in [0.25, 0.3) is 0 Å². The van der Waals surface area contributed by atoms with Gasteiger partial charge in [0.15, 0.2) is 0 Å². The SMILES string of the molecule is CCC1(CC)C(NCCSC)CC1OC. The fourth-order valence-corrected chi connectivity index (χ4v) is 3.22. The molecule has 0 spiro atoms. The van der Waals surface area contributed by atoms with E-state index in [0.29, 0.717) is 17.6 Å². The molecule has 0 heterocycles.